The Morgan fingerprint density at radius 3 is 2.55 bits per heavy atom. The Morgan fingerprint density at radius 2 is 2.05 bits per heavy atom. The molecular formula is C13H17Cl2NO3S. The van der Waals surface area contributed by atoms with Crippen LogP contribution in [0.2, 0.25) is 8.67 Å². The van der Waals surface area contributed by atoms with Gasteiger partial charge in [0.2, 0.25) is 5.91 Å². The van der Waals surface area contributed by atoms with Crippen molar-refractivity contribution in [2.75, 3.05) is 6.54 Å². The minimum Gasteiger partial charge on any atom is -0.481 e. The van der Waals surface area contributed by atoms with Crippen molar-refractivity contribution in [3.05, 3.63) is 20.3 Å². The minimum absolute atomic E-state index is 0.117. The maximum Gasteiger partial charge on any atom is 0.310 e. The second-order valence-electron chi connectivity index (χ2n) is 5.17. The van der Waals surface area contributed by atoms with E-state index in [2.05, 4.69) is 5.32 Å². The monoisotopic (exact) mass is 337 g/mol. The molecule has 0 atom stereocenters. The van der Waals surface area contributed by atoms with E-state index in [-0.39, 0.29) is 12.5 Å². The fraction of sp³-hybridized carbons (Fsp3) is 0.538. The topological polar surface area (TPSA) is 66.4 Å². The van der Waals surface area contributed by atoms with Gasteiger partial charge in [0.15, 0.2) is 0 Å². The number of nitrogens with one attached hydrogen (secondary N) is 1. The molecule has 2 N–H and O–H groups in total. The Bertz CT molecular complexity index is 500. The highest BCUT2D eigenvalue weighted by Crippen LogP contribution is 2.32. The molecule has 1 rings (SSSR count). The number of hydrogen-bond acceptors (Lipinski definition) is 3. The first-order chi connectivity index (χ1) is 9.22. The van der Waals surface area contributed by atoms with Crippen molar-refractivity contribution in [1.29, 1.82) is 0 Å². The van der Waals surface area contributed by atoms with Gasteiger partial charge in [-0.05, 0) is 38.3 Å². The molecule has 0 saturated heterocycles. The van der Waals surface area contributed by atoms with E-state index in [1.807, 2.05) is 0 Å². The lowest BCUT2D eigenvalue weighted by atomic mass is 9.94. The van der Waals surface area contributed by atoms with Gasteiger partial charge in [-0.3, -0.25) is 9.59 Å². The zero-order chi connectivity index (χ0) is 15.3. The lowest BCUT2D eigenvalue weighted by Crippen LogP contribution is -2.38. The highest BCUT2D eigenvalue weighted by Gasteiger charge is 2.27. The third-order valence-electron chi connectivity index (χ3n) is 2.88. The molecule has 4 nitrogen and oxygen atoms in total. The van der Waals surface area contributed by atoms with Gasteiger partial charge in [-0.1, -0.05) is 23.2 Å². The van der Waals surface area contributed by atoms with Gasteiger partial charge in [0, 0.05) is 13.0 Å². The number of carbonyl (C=O) groups is 2. The Hall–Kier alpha value is -0.780. The summed E-state index contributed by atoms with van der Waals surface area (Å²) < 4.78 is 1.29. The van der Waals surface area contributed by atoms with Gasteiger partial charge in [-0.2, -0.15) is 0 Å². The third-order valence-corrected chi connectivity index (χ3v) is 4.45. The van der Waals surface area contributed by atoms with Crippen LogP contribution in [0.3, 0.4) is 0 Å². The number of thiophene rings is 1. The van der Waals surface area contributed by atoms with Crippen LogP contribution in [0, 0.1) is 5.41 Å². The number of aryl methyl sites for hydroxylation is 1. The summed E-state index contributed by atoms with van der Waals surface area (Å²) in [6, 6.07) is 1.81. The summed E-state index contributed by atoms with van der Waals surface area (Å²) in [6.45, 7) is 3.26. The van der Waals surface area contributed by atoms with Crippen molar-refractivity contribution in [2.45, 2.75) is 33.1 Å². The molecule has 0 saturated carbocycles. The molecule has 0 aliphatic rings. The summed E-state index contributed by atoms with van der Waals surface area (Å²) >= 11 is 13.1. The quantitative estimate of drug-likeness (QED) is 0.798. The number of rotatable bonds is 7. The van der Waals surface area contributed by atoms with Gasteiger partial charge in [-0.15, -0.1) is 11.3 Å². The highest BCUT2D eigenvalue weighted by atomic mass is 35.5. The molecular weight excluding hydrogens is 321 g/mol. The van der Waals surface area contributed by atoms with Crippen molar-refractivity contribution in [3.63, 3.8) is 0 Å². The standard InChI is InChI=1S/C13H17Cl2NO3S/c1-13(2,12(18)19)7-16-10(17)5-3-4-8-6-9(14)20-11(8)15/h6H,3-5,7H2,1-2H3,(H,16,17)(H,18,19). The van der Waals surface area contributed by atoms with E-state index in [0.29, 0.717) is 27.9 Å². The molecule has 112 valence electrons. The van der Waals surface area contributed by atoms with Gasteiger partial charge in [0.1, 0.15) is 0 Å². The molecule has 0 aromatic carbocycles. The summed E-state index contributed by atoms with van der Waals surface area (Å²) in [4.78, 5) is 22.5. The number of carboxylic acids is 1. The van der Waals surface area contributed by atoms with Crippen molar-refractivity contribution in [3.8, 4) is 0 Å². The van der Waals surface area contributed by atoms with Crippen molar-refractivity contribution < 1.29 is 14.7 Å². The molecule has 0 aliphatic carbocycles. The maximum absolute atomic E-state index is 11.6. The highest BCUT2D eigenvalue weighted by molar-refractivity contribution is 7.20. The molecule has 0 unspecified atom stereocenters. The van der Waals surface area contributed by atoms with E-state index in [9.17, 15) is 9.59 Å². The lowest BCUT2D eigenvalue weighted by molar-refractivity contribution is -0.146. The number of hydrogen-bond donors (Lipinski definition) is 2. The number of carboxylic acid groups (broad SMARTS) is 1. The Labute approximate surface area is 132 Å². The molecule has 0 radical (unpaired) electrons. The summed E-state index contributed by atoms with van der Waals surface area (Å²) in [6.07, 6.45) is 1.66. The molecule has 0 fully saturated rings. The van der Waals surface area contributed by atoms with Crippen LogP contribution in [0.1, 0.15) is 32.3 Å². The first-order valence-corrected chi connectivity index (χ1v) is 7.73. The van der Waals surface area contributed by atoms with E-state index in [1.165, 1.54) is 11.3 Å². The average Bonchev–Trinajstić information content (AvgIpc) is 2.65. The summed E-state index contributed by atoms with van der Waals surface area (Å²) in [5.74, 6) is -1.09. The fourth-order valence-electron chi connectivity index (χ4n) is 1.47. The van der Waals surface area contributed by atoms with Gasteiger partial charge in [0.05, 0.1) is 14.1 Å². The predicted octanol–water partition coefficient (Wildman–Crippen LogP) is 3.60. The molecule has 1 aromatic rings. The molecule has 1 aromatic heterocycles. The van der Waals surface area contributed by atoms with Crippen LogP contribution in [0.25, 0.3) is 0 Å². The zero-order valence-corrected chi connectivity index (χ0v) is 13.7. The van der Waals surface area contributed by atoms with Crippen LogP contribution < -0.4 is 5.32 Å². The van der Waals surface area contributed by atoms with E-state index >= 15 is 0 Å². The van der Waals surface area contributed by atoms with E-state index < -0.39 is 11.4 Å². The predicted molar refractivity (Wildman–Crippen MR) is 81.7 cm³/mol. The Morgan fingerprint density at radius 1 is 1.40 bits per heavy atom. The molecule has 20 heavy (non-hydrogen) atoms. The first kappa shape index (κ1) is 17.3. The van der Waals surface area contributed by atoms with Crippen LogP contribution in [0.5, 0.6) is 0 Å². The average molecular weight is 338 g/mol. The van der Waals surface area contributed by atoms with Gasteiger partial charge in [-0.25, -0.2) is 0 Å². The van der Waals surface area contributed by atoms with Crippen LogP contribution >= 0.6 is 34.5 Å². The number of carbonyl (C=O) groups excluding carboxylic acids is 1. The molecule has 1 heterocycles. The maximum atomic E-state index is 11.6. The lowest BCUT2D eigenvalue weighted by Gasteiger charge is -2.19. The molecule has 0 aliphatic heterocycles. The molecule has 0 bridgehead atoms. The number of amides is 1. The SMILES string of the molecule is CC(C)(CNC(=O)CCCc1cc(Cl)sc1Cl)C(=O)O. The second kappa shape index (κ2) is 7.29. The van der Waals surface area contributed by atoms with Gasteiger partial charge < -0.3 is 10.4 Å². The normalized spacial score (nSPS) is 11.4. The molecule has 0 spiro atoms. The minimum atomic E-state index is -0.958. The van der Waals surface area contributed by atoms with Crippen LogP contribution in [-0.4, -0.2) is 23.5 Å². The second-order valence-corrected chi connectivity index (χ2v) is 7.45. The van der Waals surface area contributed by atoms with Crippen LogP contribution in [0.15, 0.2) is 6.07 Å². The number of aliphatic carboxylic acids is 1. The first-order valence-electron chi connectivity index (χ1n) is 6.16. The Balaban J connectivity index is 2.31. The third kappa shape index (κ3) is 5.31. The van der Waals surface area contributed by atoms with Crippen LogP contribution in [-0.2, 0) is 16.0 Å². The fourth-order valence-corrected chi connectivity index (χ4v) is 3.01. The summed E-state index contributed by atoms with van der Waals surface area (Å²) in [7, 11) is 0. The molecule has 1 amide bonds. The van der Waals surface area contributed by atoms with E-state index in [1.54, 1.807) is 19.9 Å². The summed E-state index contributed by atoms with van der Waals surface area (Å²) in [5.41, 5.74) is -0.0137. The van der Waals surface area contributed by atoms with Crippen molar-refractivity contribution in [1.82, 2.24) is 5.32 Å². The zero-order valence-electron chi connectivity index (χ0n) is 11.3. The largest absolute Gasteiger partial charge is 0.481 e. The summed E-state index contributed by atoms with van der Waals surface area (Å²) in [5, 5.41) is 11.6. The van der Waals surface area contributed by atoms with E-state index in [4.69, 9.17) is 28.3 Å². The Kier molecular flexibility index (Phi) is 6.30. The molecule has 7 heteroatoms. The van der Waals surface area contributed by atoms with Crippen LogP contribution in [0.4, 0.5) is 0 Å². The smallest absolute Gasteiger partial charge is 0.310 e. The van der Waals surface area contributed by atoms with Gasteiger partial charge in [0.25, 0.3) is 0 Å². The van der Waals surface area contributed by atoms with Gasteiger partial charge >= 0.3 is 5.97 Å². The van der Waals surface area contributed by atoms with Crippen molar-refractivity contribution >= 4 is 46.4 Å². The van der Waals surface area contributed by atoms with E-state index in [0.717, 1.165) is 5.56 Å². The van der Waals surface area contributed by atoms with Crippen molar-refractivity contribution in [2.24, 2.45) is 5.41 Å². The number of halogens is 2.